The minimum atomic E-state index is 0.0967. The largest absolute Gasteiger partial charge is 0.377 e. The predicted molar refractivity (Wildman–Crippen MR) is 86.2 cm³/mol. The average Bonchev–Trinajstić information content (AvgIpc) is 2.79. The molecular weight excluding hydrogens is 284 g/mol. The summed E-state index contributed by atoms with van der Waals surface area (Å²) >= 11 is 1.70. The molecule has 0 aliphatic heterocycles. The second kappa shape index (κ2) is 5.89. The predicted octanol–water partition coefficient (Wildman–Crippen LogP) is 3.01. The summed E-state index contributed by atoms with van der Waals surface area (Å²) in [6, 6.07) is 0. The van der Waals surface area contributed by atoms with Gasteiger partial charge in [0.2, 0.25) is 0 Å². The van der Waals surface area contributed by atoms with Crippen molar-refractivity contribution >= 4 is 21.6 Å². The number of hydrogen-bond acceptors (Lipinski definition) is 4. The highest BCUT2D eigenvalue weighted by Crippen LogP contribution is 2.35. The molecule has 2 aromatic rings. The molecule has 2 heterocycles. The van der Waals surface area contributed by atoms with Crippen LogP contribution in [-0.4, -0.2) is 22.3 Å². The second-order valence-corrected chi connectivity index (χ2v) is 7.28. The van der Waals surface area contributed by atoms with Gasteiger partial charge in [0.15, 0.2) is 0 Å². The Balaban J connectivity index is 1.95. The van der Waals surface area contributed by atoms with Gasteiger partial charge < -0.3 is 4.74 Å². The van der Waals surface area contributed by atoms with E-state index < -0.39 is 0 Å². The minimum Gasteiger partial charge on any atom is -0.377 e. The van der Waals surface area contributed by atoms with Gasteiger partial charge in [-0.05, 0) is 44.6 Å². The normalized spacial score (nSPS) is 18.4. The molecule has 0 fully saturated rings. The van der Waals surface area contributed by atoms with Crippen LogP contribution >= 0.6 is 11.3 Å². The lowest BCUT2D eigenvalue weighted by Gasteiger charge is -2.17. The van der Waals surface area contributed by atoms with E-state index in [1.54, 1.807) is 22.2 Å². The molecule has 21 heavy (non-hydrogen) atoms. The Kier molecular flexibility index (Phi) is 4.13. The molecule has 114 valence electrons. The third-order valence-corrected chi connectivity index (χ3v) is 5.23. The van der Waals surface area contributed by atoms with Crippen molar-refractivity contribution in [3.63, 3.8) is 0 Å². The Labute approximate surface area is 128 Å². The van der Waals surface area contributed by atoms with Crippen LogP contribution in [0.1, 0.15) is 37.6 Å². The van der Waals surface area contributed by atoms with Crippen LogP contribution in [0.3, 0.4) is 0 Å². The first-order valence-electron chi connectivity index (χ1n) is 7.67. The van der Waals surface area contributed by atoms with Gasteiger partial charge in [-0.25, -0.2) is 4.98 Å². The lowest BCUT2D eigenvalue weighted by molar-refractivity contribution is 0.0722. The molecule has 0 spiro atoms. The smallest absolute Gasteiger partial charge is 0.262 e. The molecule has 1 atom stereocenters. The van der Waals surface area contributed by atoms with Crippen molar-refractivity contribution in [1.29, 1.82) is 0 Å². The Hall–Kier alpha value is -1.20. The van der Waals surface area contributed by atoms with Gasteiger partial charge in [0.1, 0.15) is 4.83 Å². The third kappa shape index (κ3) is 2.90. The van der Waals surface area contributed by atoms with E-state index in [1.807, 2.05) is 13.8 Å². The molecule has 1 aliphatic carbocycles. The number of aryl methyl sites for hydroxylation is 1. The van der Waals surface area contributed by atoms with E-state index in [0.717, 1.165) is 23.1 Å². The molecule has 0 aromatic carbocycles. The molecule has 4 nitrogen and oxygen atoms in total. The molecule has 3 rings (SSSR count). The Morgan fingerprint density at radius 3 is 3.10 bits per heavy atom. The second-order valence-electron chi connectivity index (χ2n) is 6.19. The highest BCUT2D eigenvalue weighted by Gasteiger charge is 2.23. The first-order chi connectivity index (χ1) is 10.1. The van der Waals surface area contributed by atoms with Crippen molar-refractivity contribution in [3.8, 4) is 0 Å². The molecule has 1 aliphatic rings. The molecule has 5 heteroatoms. The lowest BCUT2D eigenvalue weighted by Crippen LogP contribution is -2.24. The van der Waals surface area contributed by atoms with Crippen molar-refractivity contribution in [2.45, 2.75) is 52.7 Å². The standard InChI is InChI=1S/C16H22N2O2S/c1-10(2)20-7-6-18-9-17-15-14(16(18)19)12-5-4-11(3)8-13(12)21-15/h9-11H,4-8H2,1-3H3/t11-/m0/s1. The maximum absolute atomic E-state index is 12.7. The summed E-state index contributed by atoms with van der Waals surface area (Å²) in [5.74, 6) is 0.715. The SMILES string of the molecule is CC(C)OCCn1cnc2sc3c(c2c1=O)CC[C@H](C)C3. The van der Waals surface area contributed by atoms with E-state index in [0.29, 0.717) is 19.1 Å². The Morgan fingerprint density at radius 2 is 2.33 bits per heavy atom. The van der Waals surface area contributed by atoms with Gasteiger partial charge in [0, 0.05) is 4.88 Å². The van der Waals surface area contributed by atoms with Crippen molar-refractivity contribution in [2.75, 3.05) is 6.61 Å². The van der Waals surface area contributed by atoms with Gasteiger partial charge >= 0.3 is 0 Å². The van der Waals surface area contributed by atoms with Crippen molar-refractivity contribution in [2.24, 2.45) is 5.92 Å². The van der Waals surface area contributed by atoms with Gasteiger partial charge in [-0.2, -0.15) is 0 Å². The zero-order chi connectivity index (χ0) is 15.0. The van der Waals surface area contributed by atoms with E-state index in [4.69, 9.17) is 4.74 Å². The number of thiophene rings is 1. The molecule has 0 radical (unpaired) electrons. The molecule has 0 amide bonds. The number of rotatable bonds is 4. The number of fused-ring (bicyclic) bond motifs is 3. The molecular formula is C16H22N2O2S. The zero-order valence-corrected chi connectivity index (χ0v) is 13.7. The summed E-state index contributed by atoms with van der Waals surface area (Å²) in [5, 5.41) is 0.856. The van der Waals surface area contributed by atoms with Gasteiger partial charge in [0.25, 0.3) is 5.56 Å². The fourth-order valence-corrected chi connectivity index (χ4v) is 4.25. The number of ether oxygens (including phenoxy) is 1. The highest BCUT2D eigenvalue weighted by atomic mass is 32.1. The third-order valence-electron chi connectivity index (χ3n) is 4.07. The Morgan fingerprint density at radius 1 is 1.52 bits per heavy atom. The average molecular weight is 306 g/mol. The van der Waals surface area contributed by atoms with Crippen LogP contribution in [-0.2, 0) is 24.1 Å². The van der Waals surface area contributed by atoms with E-state index in [9.17, 15) is 4.79 Å². The van der Waals surface area contributed by atoms with Crippen LogP contribution in [0.25, 0.3) is 10.2 Å². The van der Waals surface area contributed by atoms with E-state index in [-0.39, 0.29) is 11.7 Å². The topological polar surface area (TPSA) is 44.1 Å². The number of aromatic nitrogens is 2. The van der Waals surface area contributed by atoms with E-state index in [1.165, 1.54) is 16.9 Å². The summed E-state index contributed by atoms with van der Waals surface area (Å²) in [5.41, 5.74) is 1.35. The van der Waals surface area contributed by atoms with Crippen LogP contribution in [0, 0.1) is 5.92 Å². The van der Waals surface area contributed by atoms with Crippen LogP contribution in [0.5, 0.6) is 0 Å². The molecule has 0 saturated heterocycles. The Bertz CT molecular complexity index is 702. The fourth-order valence-electron chi connectivity index (χ4n) is 2.91. The van der Waals surface area contributed by atoms with Crippen molar-refractivity contribution < 1.29 is 4.74 Å². The van der Waals surface area contributed by atoms with Gasteiger partial charge in [-0.15, -0.1) is 11.3 Å². The summed E-state index contributed by atoms with van der Waals surface area (Å²) in [6.45, 7) is 7.40. The number of hydrogen-bond donors (Lipinski definition) is 0. The van der Waals surface area contributed by atoms with Gasteiger partial charge in [-0.3, -0.25) is 9.36 Å². The highest BCUT2D eigenvalue weighted by molar-refractivity contribution is 7.18. The van der Waals surface area contributed by atoms with Crippen LogP contribution in [0.2, 0.25) is 0 Å². The maximum Gasteiger partial charge on any atom is 0.262 e. The van der Waals surface area contributed by atoms with Crippen molar-refractivity contribution in [1.82, 2.24) is 9.55 Å². The van der Waals surface area contributed by atoms with Crippen LogP contribution in [0.15, 0.2) is 11.1 Å². The molecule has 0 unspecified atom stereocenters. The first-order valence-corrected chi connectivity index (χ1v) is 8.49. The minimum absolute atomic E-state index is 0.0967. The lowest BCUT2D eigenvalue weighted by atomic mass is 9.89. The van der Waals surface area contributed by atoms with Gasteiger partial charge in [-0.1, -0.05) is 6.92 Å². The van der Waals surface area contributed by atoms with Crippen LogP contribution in [0.4, 0.5) is 0 Å². The molecule has 0 N–H and O–H groups in total. The maximum atomic E-state index is 12.7. The molecule has 0 bridgehead atoms. The summed E-state index contributed by atoms with van der Waals surface area (Å²) in [4.78, 5) is 19.5. The summed E-state index contributed by atoms with van der Waals surface area (Å²) < 4.78 is 7.23. The zero-order valence-electron chi connectivity index (χ0n) is 12.9. The van der Waals surface area contributed by atoms with Crippen molar-refractivity contribution in [3.05, 3.63) is 27.1 Å². The van der Waals surface area contributed by atoms with E-state index >= 15 is 0 Å². The molecule has 0 saturated carbocycles. The fraction of sp³-hybridized carbons (Fsp3) is 0.625. The number of nitrogens with zero attached hydrogens (tertiary/aromatic N) is 2. The molecule has 2 aromatic heterocycles. The quantitative estimate of drug-likeness (QED) is 0.872. The monoisotopic (exact) mass is 306 g/mol. The summed E-state index contributed by atoms with van der Waals surface area (Å²) in [6.07, 6.45) is 5.13. The van der Waals surface area contributed by atoms with Crippen LogP contribution < -0.4 is 5.56 Å². The van der Waals surface area contributed by atoms with E-state index in [2.05, 4.69) is 11.9 Å². The van der Waals surface area contributed by atoms with Gasteiger partial charge in [0.05, 0.1) is 31.0 Å². The first kappa shape index (κ1) is 14.7. The summed E-state index contributed by atoms with van der Waals surface area (Å²) in [7, 11) is 0.